The van der Waals surface area contributed by atoms with Crippen LogP contribution in [0.25, 0.3) is 0 Å². The Morgan fingerprint density at radius 3 is 2.80 bits per heavy atom. The van der Waals surface area contributed by atoms with Gasteiger partial charge in [0.1, 0.15) is 21.2 Å². The minimum absolute atomic E-state index is 0.0589. The number of carbonyl (C=O) groups excluding carboxylic acids is 3. The van der Waals surface area contributed by atoms with Gasteiger partial charge in [-0.25, -0.2) is 4.21 Å². The van der Waals surface area contributed by atoms with E-state index >= 15 is 0 Å². The van der Waals surface area contributed by atoms with Crippen LogP contribution in [0.15, 0.2) is 59.1 Å². The smallest absolute Gasteiger partial charge is 0.286 e. The van der Waals surface area contributed by atoms with Gasteiger partial charge in [-0.15, -0.1) is 9.46 Å². The third-order valence-electron chi connectivity index (χ3n) is 10.6. The van der Waals surface area contributed by atoms with Crippen molar-refractivity contribution in [1.82, 2.24) is 14.5 Å². The molecule has 3 aromatic rings. The summed E-state index contributed by atoms with van der Waals surface area (Å²) in [6.07, 6.45) is 9.93. The van der Waals surface area contributed by atoms with Crippen LogP contribution < -0.4 is 19.1 Å². The average molecular weight is 720 g/mol. The van der Waals surface area contributed by atoms with Crippen molar-refractivity contribution in [3.05, 3.63) is 82.0 Å². The molecule has 1 unspecified atom stereocenters. The van der Waals surface area contributed by atoms with Gasteiger partial charge in [0, 0.05) is 48.3 Å². The number of aromatic nitrogens is 2. The Morgan fingerprint density at radius 2 is 2.02 bits per heavy atom. The fourth-order valence-electron chi connectivity index (χ4n) is 7.95. The predicted molar refractivity (Wildman–Crippen MR) is 191 cm³/mol. The SMILES string of the molecule is COc1nn(C)cc1C(=O)NS1(=O)=NC(=O)c2ccc3c(c2)N(C[C@@H]2CC[C@H]2C(=O)/C=C\C[C@H](C)C1)C[C@]1(CCCc2cc(Cl)ccc21)CO3. The molecule has 2 aliphatic carbocycles. The maximum atomic E-state index is 14.5. The Bertz CT molecular complexity index is 2020. The molecule has 4 aliphatic rings. The Morgan fingerprint density at radius 1 is 1.18 bits per heavy atom. The number of ether oxygens (including phenoxy) is 2. The first-order chi connectivity index (χ1) is 24.0. The first kappa shape index (κ1) is 34.3. The molecule has 11 nitrogen and oxygen atoms in total. The zero-order valence-corrected chi connectivity index (χ0v) is 30.1. The molecule has 2 amide bonds. The monoisotopic (exact) mass is 719 g/mol. The molecular formula is C37H42ClN5O6S. The van der Waals surface area contributed by atoms with Gasteiger partial charge < -0.3 is 14.4 Å². The number of ketones is 1. The van der Waals surface area contributed by atoms with Crippen LogP contribution >= 0.6 is 11.6 Å². The summed E-state index contributed by atoms with van der Waals surface area (Å²) in [5.74, 6) is -0.985. The molecule has 1 aromatic heterocycles. The van der Waals surface area contributed by atoms with Crippen LogP contribution in [0.1, 0.15) is 70.9 Å². The molecule has 13 heteroatoms. The fraction of sp³-hybridized carbons (Fsp3) is 0.459. The van der Waals surface area contributed by atoms with Crippen molar-refractivity contribution >= 4 is 44.8 Å². The molecule has 3 heterocycles. The molecule has 0 radical (unpaired) electrons. The van der Waals surface area contributed by atoms with E-state index in [-0.39, 0.29) is 51.7 Å². The number of allylic oxidation sites excluding steroid dienone is 2. The minimum atomic E-state index is -3.64. The number of carbonyl (C=O) groups is 3. The van der Waals surface area contributed by atoms with Gasteiger partial charge in [0.2, 0.25) is 5.88 Å². The second-order valence-corrected chi connectivity index (χ2v) is 16.7. The third-order valence-corrected chi connectivity index (χ3v) is 12.8. The number of rotatable bonds is 3. The quantitative estimate of drug-likeness (QED) is 0.365. The summed E-state index contributed by atoms with van der Waals surface area (Å²) in [4.78, 5) is 43.1. The number of nitrogens with one attached hydrogen (secondary N) is 1. The molecule has 0 saturated heterocycles. The maximum absolute atomic E-state index is 14.5. The van der Waals surface area contributed by atoms with Crippen LogP contribution in [0.2, 0.25) is 5.02 Å². The summed E-state index contributed by atoms with van der Waals surface area (Å²) in [5, 5.41) is 4.83. The molecule has 264 valence electrons. The lowest BCUT2D eigenvalue weighted by molar-refractivity contribution is -0.122. The van der Waals surface area contributed by atoms with Crippen LogP contribution in [-0.4, -0.2) is 64.1 Å². The number of fused-ring (bicyclic) bond motifs is 4. The van der Waals surface area contributed by atoms with Crippen molar-refractivity contribution in [3.63, 3.8) is 0 Å². The Kier molecular flexibility index (Phi) is 9.27. The van der Waals surface area contributed by atoms with Crippen LogP contribution in [0.5, 0.6) is 11.6 Å². The summed E-state index contributed by atoms with van der Waals surface area (Å²) in [6.45, 7) is 3.56. The van der Waals surface area contributed by atoms with E-state index in [4.69, 9.17) is 21.1 Å². The Hall–Kier alpha value is -4.16. The Balaban J connectivity index is 1.30. The minimum Gasteiger partial charge on any atom is -0.490 e. The number of amides is 2. The van der Waals surface area contributed by atoms with Gasteiger partial charge in [-0.3, -0.25) is 23.8 Å². The highest BCUT2D eigenvalue weighted by Gasteiger charge is 2.44. The van der Waals surface area contributed by atoms with Crippen molar-refractivity contribution in [2.75, 3.05) is 37.5 Å². The molecule has 1 spiro atoms. The second kappa shape index (κ2) is 13.5. The topological polar surface area (TPSA) is 132 Å². The number of aryl methyl sites for hydroxylation is 2. The average Bonchev–Trinajstić information content (AvgIpc) is 3.37. The molecule has 2 aromatic carbocycles. The van der Waals surface area contributed by atoms with E-state index in [2.05, 4.69) is 31.2 Å². The number of benzene rings is 2. The fourth-order valence-corrected chi connectivity index (χ4v) is 10.0. The highest BCUT2D eigenvalue weighted by molar-refractivity contribution is 7.92. The number of halogens is 1. The second-order valence-electron chi connectivity index (χ2n) is 14.2. The van der Waals surface area contributed by atoms with E-state index in [9.17, 15) is 18.6 Å². The number of anilines is 1. The highest BCUT2D eigenvalue weighted by Crippen LogP contribution is 2.46. The number of hydrogen-bond donors (Lipinski definition) is 1. The van der Waals surface area contributed by atoms with Crippen LogP contribution in [0.3, 0.4) is 0 Å². The molecule has 1 saturated carbocycles. The van der Waals surface area contributed by atoms with Gasteiger partial charge in [-0.05, 0) is 97.9 Å². The normalized spacial score (nSPS) is 28.6. The van der Waals surface area contributed by atoms with Gasteiger partial charge in [0.15, 0.2) is 5.78 Å². The van der Waals surface area contributed by atoms with Gasteiger partial charge in [0.05, 0.1) is 25.2 Å². The van der Waals surface area contributed by atoms with Crippen LogP contribution in [0.4, 0.5) is 5.69 Å². The summed E-state index contributed by atoms with van der Waals surface area (Å²) < 4.78 is 34.4. The number of hydrogen-bond acceptors (Lipinski definition) is 8. The first-order valence-electron chi connectivity index (χ1n) is 17.2. The van der Waals surface area contributed by atoms with E-state index in [0.29, 0.717) is 36.9 Å². The standard InChI is InChI=1S/C37H42ClN5O6S/c1-23-6-4-8-32(44)28-12-9-26(28)18-43-21-37(15-5-7-24-16-27(38)11-13-30(24)37)22-49-33-14-10-25(17-31(33)43)34(45)40-50(47,20-23)41-35(46)29-19-42(2)39-36(29)48-3/h4,8,10-11,13-14,16-17,19,23,26,28H,5-7,9,12,15,18,20-22H2,1-3H3,(H,40,41,45,46,47)/b8-4-/t23-,26-,28+,37+,50?/m0/s1. The summed E-state index contributed by atoms with van der Waals surface area (Å²) in [7, 11) is -0.621. The third kappa shape index (κ3) is 6.67. The van der Waals surface area contributed by atoms with E-state index in [0.717, 1.165) is 37.8 Å². The van der Waals surface area contributed by atoms with Gasteiger partial charge in [-0.2, -0.15) is 0 Å². The van der Waals surface area contributed by atoms with E-state index in [1.54, 1.807) is 37.4 Å². The number of methoxy groups -OCH3 is 1. The number of nitrogens with zero attached hydrogens (tertiary/aromatic N) is 4. The zero-order chi connectivity index (χ0) is 35.2. The van der Waals surface area contributed by atoms with Gasteiger partial charge in [-0.1, -0.05) is 30.7 Å². The molecule has 2 bridgehead atoms. The first-order valence-corrected chi connectivity index (χ1v) is 19.2. The Labute approximate surface area is 297 Å². The predicted octanol–water partition coefficient (Wildman–Crippen LogP) is 5.70. The van der Waals surface area contributed by atoms with Crippen LogP contribution in [-0.2, 0) is 33.6 Å². The van der Waals surface area contributed by atoms with E-state index < -0.39 is 21.7 Å². The maximum Gasteiger partial charge on any atom is 0.286 e. The molecule has 7 rings (SSSR count). The largest absolute Gasteiger partial charge is 0.490 e. The lowest BCUT2D eigenvalue weighted by Gasteiger charge is -2.44. The van der Waals surface area contributed by atoms with Gasteiger partial charge >= 0.3 is 0 Å². The van der Waals surface area contributed by atoms with E-state index in [1.165, 1.54) is 29.1 Å². The molecule has 2 aliphatic heterocycles. The summed E-state index contributed by atoms with van der Waals surface area (Å²) >= 11 is 6.42. The molecule has 5 atom stereocenters. The van der Waals surface area contributed by atoms with E-state index in [1.807, 2.05) is 13.0 Å². The van der Waals surface area contributed by atoms with Crippen molar-refractivity contribution in [2.45, 2.75) is 50.9 Å². The summed E-state index contributed by atoms with van der Waals surface area (Å²) in [5.41, 5.74) is 3.15. The highest BCUT2D eigenvalue weighted by atomic mass is 35.5. The van der Waals surface area contributed by atoms with Gasteiger partial charge in [0.25, 0.3) is 11.8 Å². The van der Waals surface area contributed by atoms with Crippen LogP contribution in [0, 0.1) is 17.8 Å². The lowest BCUT2D eigenvalue weighted by Crippen LogP contribution is -2.49. The lowest BCUT2D eigenvalue weighted by atomic mass is 9.68. The summed E-state index contributed by atoms with van der Waals surface area (Å²) in [6, 6.07) is 11.3. The van der Waals surface area contributed by atoms with Crippen molar-refractivity contribution in [2.24, 2.45) is 29.2 Å². The molecule has 1 N–H and O–H groups in total. The molecular weight excluding hydrogens is 678 g/mol. The zero-order valence-electron chi connectivity index (χ0n) is 28.5. The van der Waals surface area contributed by atoms with Crippen molar-refractivity contribution in [1.29, 1.82) is 0 Å². The molecule has 50 heavy (non-hydrogen) atoms. The molecule has 1 fully saturated rings. The van der Waals surface area contributed by atoms with Crippen molar-refractivity contribution in [3.8, 4) is 11.6 Å². The van der Waals surface area contributed by atoms with Crippen molar-refractivity contribution < 1.29 is 28.1 Å².